The summed E-state index contributed by atoms with van der Waals surface area (Å²) >= 11 is 0. The fourth-order valence-electron chi connectivity index (χ4n) is 5.34. The molecule has 0 spiro atoms. The average molecular weight is 538 g/mol. The van der Waals surface area contributed by atoms with Crippen LogP contribution in [-0.2, 0) is 10.2 Å². The maximum Gasteiger partial charge on any atom is 0.253 e. The fraction of sp³-hybridized carbons (Fsp3) is 0.300. The Labute approximate surface area is 232 Å². The van der Waals surface area contributed by atoms with Gasteiger partial charge in [0.15, 0.2) is 0 Å². The minimum Gasteiger partial charge on any atom is -0.496 e. The molecule has 0 unspecified atom stereocenters. The molecule has 40 heavy (non-hydrogen) atoms. The van der Waals surface area contributed by atoms with Crippen LogP contribution in [0.4, 0.5) is 11.5 Å². The Bertz CT molecular complexity index is 1570. The standard InChI is InChI=1S/C30H31N7O3/c1-21(38)32-14-17-37(28-24-10-13-33-27(24)34-20-35-28)23-7-5-6-22(18-23)29(39)36-15-11-30(19-31,12-16-36)25-8-3-4-9-26(25)40-2/h3-10,13,18,20H,11-12,14-17H2,1-2H3,(H,32,38)(H,33,34,35). The number of carbonyl (C=O) groups excluding carboxylic acids is 2. The number of nitriles is 1. The number of hydrogen-bond donors (Lipinski definition) is 2. The van der Waals surface area contributed by atoms with E-state index in [4.69, 9.17) is 4.74 Å². The number of likely N-dealkylation sites (tertiary alicyclic amines) is 1. The molecule has 0 atom stereocenters. The number of methoxy groups -OCH3 is 1. The van der Waals surface area contributed by atoms with Gasteiger partial charge in [-0.05, 0) is 43.2 Å². The number of anilines is 2. The zero-order valence-electron chi connectivity index (χ0n) is 22.6. The van der Waals surface area contributed by atoms with E-state index in [9.17, 15) is 14.9 Å². The van der Waals surface area contributed by atoms with E-state index in [1.165, 1.54) is 13.3 Å². The summed E-state index contributed by atoms with van der Waals surface area (Å²) in [5, 5.41) is 13.8. The number of ether oxygens (including phenoxy) is 1. The number of benzene rings is 2. The lowest BCUT2D eigenvalue weighted by Gasteiger charge is -2.38. The second kappa shape index (κ2) is 11.5. The highest BCUT2D eigenvalue weighted by Gasteiger charge is 2.39. The first kappa shape index (κ1) is 26.7. The smallest absolute Gasteiger partial charge is 0.253 e. The maximum absolute atomic E-state index is 13.7. The number of carbonyl (C=O) groups is 2. The van der Waals surface area contributed by atoms with E-state index < -0.39 is 5.41 Å². The highest BCUT2D eigenvalue weighted by Crippen LogP contribution is 2.40. The molecule has 204 valence electrons. The number of para-hydroxylation sites is 1. The van der Waals surface area contributed by atoms with Gasteiger partial charge in [0.2, 0.25) is 5.91 Å². The lowest BCUT2D eigenvalue weighted by atomic mass is 9.73. The van der Waals surface area contributed by atoms with Crippen LogP contribution in [0.25, 0.3) is 11.0 Å². The van der Waals surface area contributed by atoms with Crippen molar-refractivity contribution in [3.8, 4) is 11.8 Å². The summed E-state index contributed by atoms with van der Waals surface area (Å²) in [7, 11) is 1.61. The highest BCUT2D eigenvalue weighted by molar-refractivity contribution is 5.96. The van der Waals surface area contributed by atoms with Gasteiger partial charge in [0.1, 0.15) is 23.5 Å². The molecule has 2 aromatic carbocycles. The number of nitrogens with zero attached hydrogens (tertiary/aromatic N) is 5. The number of aromatic amines is 1. The van der Waals surface area contributed by atoms with Gasteiger partial charge in [0, 0.05) is 56.1 Å². The summed E-state index contributed by atoms with van der Waals surface area (Å²) in [5.41, 5.74) is 2.18. The van der Waals surface area contributed by atoms with Crippen LogP contribution in [0.3, 0.4) is 0 Å². The number of piperidine rings is 1. The summed E-state index contributed by atoms with van der Waals surface area (Å²) in [6.45, 7) is 3.23. The molecule has 10 nitrogen and oxygen atoms in total. The summed E-state index contributed by atoms with van der Waals surface area (Å²) in [6.07, 6.45) is 4.33. The predicted octanol–water partition coefficient (Wildman–Crippen LogP) is 3.94. The average Bonchev–Trinajstić information content (AvgIpc) is 3.48. The molecule has 2 amide bonds. The van der Waals surface area contributed by atoms with Gasteiger partial charge in [-0.3, -0.25) is 9.59 Å². The van der Waals surface area contributed by atoms with Crippen LogP contribution in [0.1, 0.15) is 35.7 Å². The molecule has 0 aliphatic carbocycles. The molecule has 5 rings (SSSR count). The molecule has 3 heterocycles. The van der Waals surface area contributed by atoms with Gasteiger partial charge in [0.05, 0.1) is 24.0 Å². The molecule has 2 N–H and O–H groups in total. The highest BCUT2D eigenvalue weighted by atomic mass is 16.5. The molecule has 1 saturated heterocycles. The van der Waals surface area contributed by atoms with Crippen molar-refractivity contribution in [2.75, 3.05) is 38.2 Å². The summed E-state index contributed by atoms with van der Waals surface area (Å²) in [5.74, 6) is 1.15. The van der Waals surface area contributed by atoms with Gasteiger partial charge in [-0.25, -0.2) is 9.97 Å². The first-order chi connectivity index (χ1) is 19.5. The molecule has 10 heteroatoms. The second-order valence-electron chi connectivity index (χ2n) is 9.81. The van der Waals surface area contributed by atoms with Crippen LogP contribution in [0.5, 0.6) is 5.75 Å². The molecule has 0 bridgehead atoms. The van der Waals surface area contributed by atoms with Gasteiger partial charge in [-0.2, -0.15) is 5.26 Å². The summed E-state index contributed by atoms with van der Waals surface area (Å²) in [4.78, 5) is 40.9. The van der Waals surface area contributed by atoms with Crippen molar-refractivity contribution in [3.05, 3.63) is 78.2 Å². The largest absolute Gasteiger partial charge is 0.496 e. The molecule has 4 aromatic rings. The van der Waals surface area contributed by atoms with E-state index in [2.05, 4.69) is 26.3 Å². The maximum atomic E-state index is 13.7. The number of fused-ring (bicyclic) bond motifs is 1. The van der Waals surface area contributed by atoms with Crippen LogP contribution < -0.4 is 15.0 Å². The molecule has 2 aromatic heterocycles. The number of nitrogens with one attached hydrogen (secondary N) is 2. The third-order valence-corrected chi connectivity index (χ3v) is 7.44. The molecular formula is C30H31N7O3. The lowest BCUT2D eigenvalue weighted by Crippen LogP contribution is -2.44. The van der Waals surface area contributed by atoms with E-state index in [0.29, 0.717) is 61.8 Å². The summed E-state index contributed by atoms with van der Waals surface area (Å²) < 4.78 is 5.53. The van der Waals surface area contributed by atoms with Crippen molar-refractivity contribution < 1.29 is 14.3 Å². The number of hydrogen-bond acceptors (Lipinski definition) is 7. The third-order valence-electron chi connectivity index (χ3n) is 7.44. The van der Waals surface area contributed by atoms with Gasteiger partial charge in [-0.1, -0.05) is 24.3 Å². The minimum absolute atomic E-state index is 0.0929. The minimum atomic E-state index is -0.708. The van der Waals surface area contributed by atoms with Crippen molar-refractivity contribution in [3.63, 3.8) is 0 Å². The molecule has 1 fully saturated rings. The molecule has 0 radical (unpaired) electrons. The zero-order valence-corrected chi connectivity index (χ0v) is 22.6. The Morgan fingerprint density at radius 1 is 1.15 bits per heavy atom. The molecule has 0 saturated carbocycles. The molecule has 1 aliphatic rings. The van der Waals surface area contributed by atoms with Crippen LogP contribution in [0.15, 0.2) is 67.1 Å². The Morgan fingerprint density at radius 3 is 2.70 bits per heavy atom. The van der Waals surface area contributed by atoms with Crippen LogP contribution >= 0.6 is 0 Å². The number of aromatic nitrogens is 3. The third kappa shape index (κ3) is 5.18. The van der Waals surface area contributed by atoms with Gasteiger partial charge >= 0.3 is 0 Å². The van der Waals surface area contributed by atoms with Gasteiger partial charge in [-0.15, -0.1) is 0 Å². The van der Waals surface area contributed by atoms with Crippen LogP contribution in [0.2, 0.25) is 0 Å². The van der Waals surface area contributed by atoms with Crippen LogP contribution in [-0.4, -0.2) is 65.0 Å². The number of rotatable bonds is 8. The Kier molecular flexibility index (Phi) is 7.64. The number of H-pyrrole nitrogens is 1. The monoisotopic (exact) mass is 537 g/mol. The molecular weight excluding hydrogens is 506 g/mol. The van der Waals surface area contributed by atoms with Crippen molar-refractivity contribution in [1.29, 1.82) is 5.26 Å². The van der Waals surface area contributed by atoms with E-state index in [-0.39, 0.29) is 11.8 Å². The zero-order chi connectivity index (χ0) is 28.1. The van der Waals surface area contributed by atoms with Crippen LogP contribution in [0, 0.1) is 11.3 Å². The first-order valence-corrected chi connectivity index (χ1v) is 13.2. The Hall–Kier alpha value is -4.91. The lowest BCUT2D eigenvalue weighted by molar-refractivity contribution is -0.118. The van der Waals surface area contributed by atoms with E-state index in [1.807, 2.05) is 53.4 Å². The SMILES string of the molecule is COc1ccccc1C1(C#N)CCN(C(=O)c2cccc(N(CCNC(C)=O)c3ncnc4[nH]ccc34)c2)CC1. The van der Waals surface area contributed by atoms with Crippen molar-refractivity contribution in [1.82, 2.24) is 25.2 Å². The normalized spacial score (nSPS) is 14.4. The Balaban J connectivity index is 1.39. The first-order valence-electron chi connectivity index (χ1n) is 13.2. The predicted molar refractivity (Wildman–Crippen MR) is 151 cm³/mol. The topological polar surface area (TPSA) is 127 Å². The fourth-order valence-corrected chi connectivity index (χ4v) is 5.34. The second-order valence-corrected chi connectivity index (χ2v) is 9.81. The number of amides is 2. The van der Waals surface area contributed by atoms with E-state index in [1.54, 1.807) is 24.3 Å². The van der Waals surface area contributed by atoms with Crippen molar-refractivity contribution in [2.24, 2.45) is 0 Å². The summed E-state index contributed by atoms with van der Waals surface area (Å²) in [6, 6.07) is 19.5. The molecule has 1 aliphatic heterocycles. The van der Waals surface area contributed by atoms with Gasteiger partial charge < -0.3 is 24.8 Å². The van der Waals surface area contributed by atoms with Crippen molar-refractivity contribution in [2.45, 2.75) is 25.2 Å². The van der Waals surface area contributed by atoms with Crippen molar-refractivity contribution >= 4 is 34.4 Å². The van der Waals surface area contributed by atoms with Gasteiger partial charge in [0.25, 0.3) is 5.91 Å². The Morgan fingerprint density at radius 2 is 1.95 bits per heavy atom. The quantitative estimate of drug-likeness (QED) is 0.349. The van der Waals surface area contributed by atoms with E-state index in [0.717, 1.165) is 16.6 Å². The van der Waals surface area contributed by atoms with E-state index >= 15 is 0 Å².